The predicted molar refractivity (Wildman–Crippen MR) is 73.9 cm³/mol. The highest BCUT2D eigenvalue weighted by atomic mass is 35.5. The molecule has 0 radical (unpaired) electrons. The van der Waals surface area contributed by atoms with Gasteiger partial charge >= 0.3 is 0 Å². The molecule has 0 bridgehead atoms. The van der Waals surface area contributed by atoms with Crippen molar-refractivity contribution in [3.8, 4) is 6.07 Å². The summed E-state index contributed by atoms with van der Waals surface area (Å²) in [5.74, 6) is -0.196. The predicted octanol–water partition coefficient (Wildman–Crippen LogP) is 2.92. The highest BCUT2D eigenvalue weighted by Crippen LogP contribution is 2.20. The Morgan fingerprint density at radius 3 is 3.00 bits per heavy atom. The van der Waals surface area contributed by atoms with Gasteiger partial charge in [0.2, 0.25) is 0 Å². The average Bonchev–Trinajstić information content (AvgIpc) is 2.42. The van der Waals surface area contributed by atoms with Crippen LogP contribution in [0.2, 0.25) is 5.15 Å². The van der Waals surface area contributed by atoms with Crippen molar-refractivity contribution >= 4 is 28.4 Å². The zero-order valence-electron chi connectivity index (χ0n) is 10.2. The number of nitrogens with zero attached hydrogens (tertiary/aromatic N) is 2. The summed E-state index contributed by atoms with van der Waals surface area (Å²) in [6.45, 7) is 0.473. The molecular weight excluding hydrogens is 262 g/mol. The number of para-hydroxylation sites is 1. The lowest BCUT2D eigenvalue weighted by Crippen LogP contribution is -2.24. The van der Waals surface area contributed by atoms with Crippen LogP contribution < -0.4 is 5.32 Å². The molecule has 19 heavy (non-hydrogen) atoms. The first kappa shape index (κ1) is 13.3. The van der Waals surface area contributed by atoms with Crippen LogP contribution in [-0.2, 0) is 0 Å². The molecule has 1 amide bonds. The lowest BCUT2D eigenvalue weighted by molar-refractivity contribution is 0.0955. The van der Waals surface area contributed by atoms with Gasteiger partial charge in [-0.2, -0.15) is 5.26 Å². The Balaban J connectivity index is 2.24. The van der Waals surface area contributed by atoms with E-state index in [1.165, 1.54) is 0 Å². The van der Waals surface area contributed by atoms with E-state index < -0.39 is 0 Å². The normalized spacial score (nSPS) is 10.1. The van der Waals surface area contributed by atoms with Gasteiger partial charge in [0.15, 0.2) is 0 Å². The number of rotatable bonds is 4. The molecule has 1 N–H and O–H groups in total. The van der Waals surface area contributed by atoms with Crippen molar-refractivity contribution in [3.05, 3.63) is 41.0 Å². The molecule has 2 rings (SSSR count). The molecule has 0 aliphatic rings. The Kier molecular flexibility index (Phi) is 4.32. The number of benzene rings is 1. The van der Waals surface area contributed by atoms with Crippen LogP contribution in [0.15, 0.2) is 30.3 Å². The fraction of sp³-hybridized carbons (Fsp3) is 0.214. The number of nitrogens with one attached hydrogen (secondary N) is 1. The van der Waals surface area contributed by atoms with Gasteiger partial charge in [-0.3, -0.25) is 4.79 Å². The first-order valence-electron chi connectivity index (χ1n) is 5.93. The molecule has 5 heteroatoms. The summed E-state index contributed by atoms with van der Waals surface area (Å²) in [4.78, 5) is 16.3. The SMILES string of the molecule is N#CCCCNC(=O)c1cc(Cl)nc2ccccc12. The maximum atomic E-state index is 12.1. The van der Waals surface area contributed by atoms with E-state index >= 15 is 0 Å². The van der Waals surface area contributed by atoms with Gasteiger partial charge in [-0.05, 0) is 18.6 Å². The second-order valence-corrected chi connectivity index (χ2v) is 4.41. The van der Waals surface area contributed by atoms with Gasteiger partial charge in [0.1, 0.15) is 5.15 Å². The number of aromatic nitrogens is 1. The van der Waals surface area contributed by atoms with E-state index in [0.29, 0.717) is 35.6 Å². The van der Waals surface area contributed by atoms with Crippen molar-refractivity contribution in [2.75, 3.05) is 6.54 Å². The molecule has 1 aromatic carbocycles. The van der Waals surface area contributed by atoms with E-state index in [1.54, 1.807) is 6.07 Å². The Labute approximate surface area is 116 Å². The first-order valence-corrected chi connectivity index (χ1v) is 6.30. The number of halogens is 1. The summed E-state index contributed by atoms with van der Waals surface area (Å²) in [5.41, 5.74) is 1.20. The molecule has 0 atom stereocenters. The van der Waals surface area contributed by atoms with Crippen molar-refractivity contribution in [2.45, 2.75) is 12.8 Å². The molecule has 0 saturated heterocycles. The quantitative estimate of drug-likeness (QED) is 0.688. The van der Waals surface area contributed by atoms with Crippen molar-refractivity contribution in [3.63, 3.8) is 0 Å². The molecule has 4 nitrogen and oxygen atoms in total. The smallest absolute Gasteiger partial charge is 0.252 e. The molecule has 1 aromatic heterocycles. The van der Waals surface area contributed by atoms with Crippen LogP contribution in [-0.4, -0.2) is 17.4 Å². The highest BCUT2D eigenvalue weighted by Gasteiger charge is 2.11. The summed E-state index contributed by atoms with van der Waals surface area (Å²) in [7, 11) is 0. The van der Waals surface area contributed by atoms with Gasteiger partial charge in [-0.25, -0.2) is 4.98 Å². The molecule has 0 saturated carbocycles. The van der Waals surface area contributed by atoms with Crippen molar-refractivity contribution in [2.24, 2.45) is 0 Å². The number of hydrogen-bond donors (Lipinski definition) is 1. The third kappa shape index (κ3) is 3.21. The maximum Gasteiger partial charge on any atom is 0.252 e. The summed E-state index contributed by atoms with van der Waals surface area (Å²) >= 11 is 5.92. The molecule has 96 valence electrons. The number of pyridine rings is 1. The lowest BCUT2D eigenvalue weighted by atomic mass is 10.1. The van der Waals surface area contributed by atoms with Crippen LogP contribution in [0.4, 0.5) is 0 Å². The molecule has 0 aliphatic heterocycles. The summed E-state index contributed by atoms with van der Waals surface area (Å²) in [6.07, 6.45) is 1.07. The topological polar surface area (TPSA) is 65.8 Å². The second kappa shape index (κ2) is 6.17. The standard InChI is InChI=1S/C14H12ClN3O/c15-13-9-11(14(19)17-8-4-3-7-16)10-5-1-2-6-12(10)18-13/h1-2,5-6,9H,3-4,8H2,(H,17,19). The Hall–Kier alpha value is -2.12. The molecule has 2 aromatic rings. The molecule has 0 spiro atoms. The molecule has 0 fully saturated rings. The summed E-state index contributed by atoms with van der Waals surface area (Å²) in [5, 5.41) is 12.3. The minimum Gasteiger partial charge on any atom is -0.352 e. The van der Waals surface area contributed by atoms with Crippen molar-refractivity contribution < 1.29 is 4.79 Å². The van der Waals surface area contributed by atoms with E-state index in [2.05, 4.69) is 10.3 Å². The summed E-state index contributed by atoms with van der Waals surface area (Å²) in [6, 6.07) is 10.9. The fourth-order valence-corrected chi connectivity index (χ4v) is 2.00. The number of unbranched alkanes of at least 4 members (excludes halogenated alkanes) is 1. The number of carbonyl (C=O) groups is 1. The maximum absolute atomic E-state index is 12.1. The van der Waals surface area contributed by atoms with E-state index in [-0.39, 0.29) is 5.91 Å². The van der Waals surface area contributed by atoms with Crippen LogP contribution in [0.25, 0.3) is 10.9 Å². The van der Waals surface area contributed by atoms with Gasteiger partial charge in [0.25, 0.3) is 5.91 Å². The van der Waals surface area contributed by atoms with Crippen LogP contribution in [0.1, 0.15) is 23.2 Å². The number of fused-ring (bicyclic) bond motifs is 1. The van der Waals surface area contributed by atoms with Gasteiger partial charge in [0.05, 0.1) is 17.1 Å². The van der Waals surface area contributed by atoms with E-state index in [4.69, 9.17) is 16.9 Å². The van der Waals surface area contributed by atoms with Crippen LogP contribution in [0, 0.1) is 11.3 Å². The van der Waals surface area contributed by atoms with Gasteiger partial charge in [0, 0.05) is 18.4 Å². The molecular formula is C14H12ClN3O. The number of hydrogen-bond acceptors (Lipinski definition) is 3. The largest absolute Gasteiger partial charge is 0.352 e. The first-order chi connectivity index (χ1) is 9.22. The monoisotopic (exact) mass is 273 g/mol. The van der Waals surface area contributed by atoms with E-state index in [1.807, 2.05) is 30.3 Å². The molecule has 0 aliphatic carbocycles. The molecule has 1 heterocycles. The zero-order valence-corrected chi connectivity index (χ0v) is 10.9. The van der Waals surface area contributed by atoms with Crippen LogP contribution in [0.3, 0.4) is 0 Å². The van der Waals surface area contributed by atoms with Crippen molar-refractivity contribution in [1.29, 1.82) is 5.26 Å². The fourth-order valence-electron chi connectivity index (χ4n) is 1.80. The second-order valence-electron chi connectivity index (χ2n) is 4.03. The van der Waals surface area contributed by atoms with Crippen LogP contribution in [0.5, 0.6) is 0 Å². The highest BCUT2D eigenvalue weighted by molar-refractivity contribution is 6.30. The Morgan fingerprint density at radius 1 is 1.42 bits per heavy atom. The number of amides is 1. The minimum atomic E-state index is -0.196. The molecule has 0 unspecified atom stereocenters. The minimum absolute atomic E-state index is 0.196. The van der Waals surface area contributed by atoms with E-state index in [0.717, 1.165) is 5.39 Å². The number of carbonyl (C=O) groups excluding carboxylic acids is 1. The van der Waals surface area contributed by atoms with Gasteiger partial charge in [-0.15, -0.1) is 0 Å². The van der Waals surface area contributed by atoms with Gasteiger partial charge in [-0.1, -0.05) is 29.8 Å². The van der Waals surface area contributed by atoms with Crippen molar-refractivity contribution in [1.82, 2.24) is 10.3 Å². The van der Waals surface area contributed by atoms with E-state index in [9.17, 15) is 4.79 Å². The third-order valence-corrected chi connectivity index (χ3v) is 2.87. The zero-order chi connectivity index (χ0) is 13.7. The summed E-state index contributed by atoms with van der Waals surface area (Å²) < 4.78 is 0. The van der Waals surface area contributed by atoms with Gasteiger partial charge < -0.3 is 5.32 Å². The average molecular weight is 274 g/mol. The third-order valence-electron chi connectivity index (χ3n) is 2.68. The number of nitriles is 1. The Morgan fingerprint density at radius 2 is 2.21 bits per heavy atom. The Bertz CT molecular complexity index is 649. The lowest BCUT2D eigenvalue weighted by Gasteiger charge is -2.07. The van der Waals surface area contributed by atoms with Crippen LogP contribution >= 0.6 is 11.6 Å².